The number of aromatic nitrogens is 2. The van der Waals surface area contributed by atoms with Crippen molar-refractivity contribution < 1.29 is 9.50 Å². The van der Waals surface area contributed by atoms with Crippen LogP contribution < -0.4 is 0 Å². The van der Waals surface area contributed by atoms with Gasteiger partial charge in [0.15, 0.2) is 0 Å². The number of rotatable bonds is 1. The summed E-state index contributed by atoms with van der Waals surface area (Å²) in [6.45, 7) is 0.860. The lowest BCUT2D eigenvalue weighted by atomic mass is 10.1. The van der Waals surface area contributed by atoms with Gasteiger partial charge < -0.3 is 9.67 Å². The molecule has 0 aliphatic carbocycles. The molecule has 1 aliphatic heterocycles. The zero-order chi connectivity index (χ0) is 11.8. The van der Waals surface area contributed by atoms with Crippen molar-refractivity contribution in [3.63, 3.8) is 0 Å². The summed E-state index contributed by atoms with van der Waals surface area (Å²) >= 11 is 0. The molecule has 2 aromatic rings. The molecule has 3 nitrogen and oxygen atoms in total. The number of aliphatic hydroxyl groups is 1. The minimum atomic E-state index is -0.474. The maximum atomic E-state index is 12.9. The van der Waals surface area contributed by atoms with Crippen molar-refractivity contribution in [2.75, 3.05) is 0 Å². The molecule has 0 amide bonds. The van der Waals surface area contributed by atoms with Crippen LogP contribution in [0, 0.1) is 5.82 Å². The molecule has 1 aromatic carbocycles. The topological polar surface area (TPSA) is 38.0 Å². The second-order valence-electron chi connectivity index (χ2n) is 4.32. The molecule has 2 heterocycles. The van der Waals surface area contributed by atoms with E-state index in [4.69, 9.17) is 0 Å². The van der Waals surface area contributed by atoms with Gasteiger partial charge >= 0.3 is 0 Å². The van der Waals surface area contributed by atoms with Gasteiger partial charge in [0.1, 0.15) is 17.7 Å². The molecule has 1 unspecified atom stereocenters. The van der Waals surface area contributed by atoms with Crippen LogP contribution in [-0.4, -0.2) is 14.7 Å². The summed E-state index contributed by atoms with van der Waals surface area (Å²) in [5.41, 5.74) is 1.87. The van der Waals surface area contributed by atoms with E-state index in [1.807, 2.05) is 4.57 Å². The van der Waals surface area contributed by atoms with Crippen LogP contribution in [0.25, 0.3) is 11.3 Å². The first kappa shape index (κ1) is 10.5. The molecule has 17 heavy (non-hydrogen) atoms. The summed E-state index contributed by atoms with van der Waals surface area (Å²) in [7, 11) is 0. The highest BCUT2D eigenvalue weighted by molar-refractivity contribution is 5.59. The number of aliphatic hydroxyl groups excluding tert-OH is 1. The highest BCUT2D eigenvalue weighted by Crippen LogP contribution is 2.29. The van der Waals surface area contributed by atoms with Crippen LogP contribution >= 0.6 is 0 Å². The van der Waals surface area contributed by atoms with Gasteiger partial charge in [-0.2, -0.15) is 0 Å². The summed E-state index contributed by atoms with van der Waals surface area (Å²) in [6.07, 6.45) is 2.98. The monoisotopic (exact) mass is 232 g/mol. The van der Waals surface area contributed by atoms with Crippen molar-refractivity contribution in [3.05, 3.63) is 42.1 Å². The zero-order valence-electron chi connectivity index (χ0n) is 9.31. The smallest absolute Gasteiger partial charge is 0.138 e. The normalized spacial score (nSPS) is 19.1. The van der Waals surface area contributed by atoms with Gasteiger partial charge in [0.2, 0.25) is 0 Å². The van der Waals surface area contributed by atoms with E-state index >= 15 is 0 Å². The average molecular weight is 232 g/mol. The summed E-state index contributed by atoms with van der Waals surface area (Å²) in [4.78, 5) is 4.26. The number of benzene rings is 1. The van der Waals surface area contributed by atoms with Crippen molar-refractivity contribution >= 4 is 0 Å². The molecule has 0 radical (unpaired) electrons. The van der Waals surface area contributed by atoms with Gasteiger partial charge in [0.05, 0.1) is 11.9 Å². The van der Waals surface area contributed by atoms with Gasteiger partial charge in [0, 0.05) is 6.54 Å². The molecule has 1 aliphatic rings. The van der Waals surface area contributed by atoms with Crippen molar-refractivity contribution in [3.8, 4) is 11.3 Å². The molecule has 88 valence electrons. The summed E-state index contributed by atoms with van der Waals surface area (Å²) < 4.78 is 14.9. The first-order valence-electron chi connectivity index (χ1n) is 5.75. The first-order valence-corrected chi connectivity index (χ1v) is 5.75. The summed E-state index contributed by atoms with van der Waals surface area (Å²) in [5.74, 6) is 0.475. The minimum absolute atomic E-state index is 0.243. The van der Waals surface area contributed by atoms with Gasteiger partial charge in [-0.15, -0.1) is 0 Å². The Hall–Kier alpha value is -1.68. The molecular weight excluding hydrogens is 219 g/mol. The van der Waals surface area contributed by atoms with Crippen molar-refractivity contribution in [2.45, 2.75) is 25.5 Å². The van der Waals surface area contributed by atoms with E-state index in [1.165, 1.54) is 12.1 Å². The Bertz CT molecular complexity index is 533. The summed E-state index contributed by atoms with van der Waals surface area (Å²) in [6, 6.07) is 6.35. The third kappa shape index (κ3) is 1.74. The van der Waals surface area contributed by atoms with Crippen LogP contribution in [0.3, 0.4) is 0 Å². The fourth-order valence-corrected chi connectivity index (χ4v) is 2.31. The molecule has 0 saturated heterocycles. The number of hydrogen-bond acceptors (Lipinski definition) is 2. The Morgan fingerprint density at radius 2 is 2.06 bits per heavy atom. The molecule has 1 aromatic heterocycles. The predicted octanol–water partition coefficient (Wildman–Crippen LogP) is 2.52. The van der Waals surface area contributed by atoms with Gasteiger partial charge in [0.25, 0.3) is 0 Å². The number of nitrogens with zero attached hydrogens (tertiary/aromatic N) is 2. The van der Waals surface area contributed by atoms with E-state index in [1.54, 1.807) is 18.3 Å². The molecule has 0 bridgehead atoms. The summed E-state index contributed by atoms with van der Waals surface area (Å²) in [5, 5.41) is 9.82. The van der Waals surface area contributed by atoms with Gasteiger partial charge in [-0.05, 0) is 42.7 Å². The van der Waals surface area contributed by atoms with Crippen LogP contribution in [0.5, 0.6) is 0 Å². The Balaban J connectivity index is 2.07. The zero-order valence-corrected chi connectivity index (χ0v) is 9.31. The van der Waals surface area contributed by atoms with Crippen LogP contribution in [0.1, 0.15) is 24.8 Å². The number of fused-ring (bicyclic) bond motifs is 1. The molecule has 0 spiro atoms. The lowest BCUT2D eigenvalue weighted by Gasteiger charge is -2.20. The standard InChI is InChI=1S/C13H13FN2O/c14-10-5-3-9(4-6-10)11-8-15-13-12(17)2-1-7-16(11)13/h3-6,8,12,17H,1-2,7H2. The Morgan fingerprint density at radius 1 is 1.29 bits per heavy atom. The minimum Gasteiger partial charge on any atom is -0.385 e. The average Bonchev–Trinajstić information content (AvgIpc) is 2.75. The van der Waals surface area contributed by atoms with E-state index in [0.29, 0.717) is 0 Å². The SMILES string of the molecule is OC1CCCn2c(-c3ccc(F)cc3)cnc21. The third-order valence-electron chi connectivity index (χ3n) is 3.18. The second kappa shape index (κ2) is 3.96. The predicted molar refractivity (Wildman–Crippen MR) is 61.8 cm³/mol. The Labute approximate surface area is 98.5 Å². The molecule has 4 heteroatoms. The van der Waals surface area contributed by atoms with Crippen LogP contribution in [0.2, 0.25) is 0 Å². The maximum Gasteiger partial charge on any atom is 0.138 e. The number of halogens is 1. The van der Waals surface area contributed by atoms with Crippen LogP contribution in [0.4, 0.5) is 4.39 Å². The van der Waals surface area contributed by atoms with Crippen molar-refractivity contribution in [2.24, 2.45) is 0 Å². The molecular formula is C13H13FN2O. The first-order chi connectivity index (χ1) is 8.25. The number of imidazole rings is 1. The second-order valence-corrected chi connectivity index (χ2v) is 4.32. The largest absolute Gasteiger partial charge is 0.385 e. The van der Waals surface area contributed by atoms with Crippen LogP contribution in [0.15, 0.2) is 30.5 Å². The molecule has 1 N–H and O–H groups in total. The lowest BCUT2D eigenvalue weighted by Crippen LogP contribution is -2.16. The van der Waals surface area contributed by atoms with E-state index in [2.05, 4.69) is 4.98 Å². The number of hydrogen-bond donors (Lipinski definition) is 1. The fraction of sp³-hybridized carbons (Fsp3) is 0.308. The Kier molecular flexibility index (Phi) is 2.44. The lowest BCUT2D eigenvalue weighted by molar-refractivity contribution is 0.134. The quantitative estimate of drug-likeness (QED) is 0.820. The van der Waals surface area contributed by atoms with E-state index in [-0.39, 0.29) is 5.82 Å². The van der Waals surface area contributed by atoms with Crippen LogP contribution in [-0.2, 0) is 6.54 Å². The highest BCUT2D eigenvalue weighted by Gasteiger charge is 2.22. The highest BCUT2D eigenvalue weighted by atomic mass is 19.1. The molecule has 0 saturated carbocycles. The molecule has 3 rings (SSSR count). The van der Waals surface area contributed by atoms with Crippen molar-refractivity contribution in [1.82, 2.24) is 9.55 Å². The van der Waals surface area contributed by atoms with E-state index in [9.17, 15) is 9.50 Å². The maximum absolute atomic E-state index is 12.9. The van der Waals surface area contributed by atoms with Crippen molar-refractivity contribution in [1.29, 1.82) is 0 Å². The van der Waals surface area contributed by atoms with E-state index in [0.717, 1.165) is 36.5 Å². The van der Waals surface area contributed by atoms with E-state index < -0.39 is 6.10 Å². The fourth-order valence-electron chi connectivity index (χ4n) is 2.31. The molecule has 1 atom stereocenters. The Morgan fingerprint density at radius 3 is 2.82 bits per heavy atom. The molecule has 0 fully saturated rings. The van der Waals surface area contributed by atoms with Gasteiger partial charge in [-0.25, -0.2) is 9.37 Å². The third-order valence-corrected chi connectivity index (χ3v) is 3.18. The van der Waals surface area contributed by atoms with Gasteiger partial charge in [-0.1, -0.05) is 0 Å². The van der Waals surface area contributed by atoms with Gasteiger partial charge in [-0.3, -0.25) is 0 Å².